The Hall–Kier alpha value is -2.48. The smallest absolute Gasteiger partial charge is 0.247 e. The SMILES string of the molecule is C[C@H]1CN([C@@H](C)CO)S(=O)(=O)c2ccc(C#CC(C)(C)O)cc2O[C@@H]1CN(C)Cc1ccc(F)cc1. The maximum absolute atomic E-state index is 13.6. The quantitative estimate of drug-likeness (QED) is 0.572. The minimum atomic E-state index is -3.95. The predicted octanol–water partition coefficient (Wildman–Crippen LogP) is 2.85. The highest BCUT2D eigenvalue weighted by Crippen LogP contribution is 2.34. The van der Waals surface area contributed by atoms with Gasteiger partial charge < -0.3 is 14.9 Å². The lowest BCUT2D eigenvalue weighted by Crippen LogP contribution is -2.49. The molecule has 9 heteroatoms. The molecule has 0 saturated carbocycles. The van der Waals surface area contributed by atoms with E-state index in [0.29, 0.717) is 18.7 Å². The molecule has 0 aromatic heterocycles. The van der Waals surface area contributed by atoms with Gasteiger partial charge in [0.05, 0.1) is 6.61 Å². The highest BCUT2D eigenvalue weighted by atomic mass is 32.2. The van der Waals surface area contributed by atoms with E-state index < -0.39 is 21.7 Å². The standard InChI is InChI=1S/C27H35FN2O5S/c1-19-15-30(20(2)18-31)36(33,34)26-11-8-21(12-13-27(3,4)32)14-24(26)35-25(19)17-29(5)16-22-6-9-23(28)10-7-22/h6-11,14,19-20,25,31-32H,15-18H2,1-5H3/t19-,20-,25+/m0/s1. The Morgan fingerprint density at radius 2 is 1.92 bits per heavy atom. The number of sulfonamides is 1. The van der Waals surface area contributed by atoms with Crippen LogP contribution in [0.15, 0.2) is 47.4 Å². The summed E-state index contributed by atoms with van der Waals surface area (Å²) in [5.74, 6) is 5.29. The molecule has 1 aliphatic rings. The molecule has 0 spiro atoms. The van der Waals surface area contributed by atoms with Crippen LogP contribution in [0.3, 0.4) is 0 Å². The first-order valence-electron chi connectivity index (χ1n) is 11.9. The van der Waals surface area contributed by atoms with Gasteiger partial charge in [-0.2, -0.15) is 4.31 Å². The molecule has 0 radical (unpaired) electrons. The normalized spacial score (nSPS) is 20.9. The summed E-state index contributed by atoms with van der Waals surface area (Å²) in [5.41, 5.74) is 0.254. The van der Waals surface area contributed by atoms with Gasteiger partial charge in [0.15, 0.2) is 0 Å². The van der Waals surface area contributed by atoms with Gasteiger partial charge in [-0.3, -0.25) is 4.90 Å². The number of halogens is 1. The van der Waals surface area contributed by atoms with Crippen molar-refractivity contribution in [3.63, 3.8) is 0 Å². The van der Waals surface area contributed by atoms with Crippen LogP contribution in [0.5, 0.6) is 5.75 Å². The highest BCUT2D eigenvalue weighted by molar-refractivity contribution is 7.89. The molecule has 36 heavy (non-hydrogen) atoms. The van der Waals surface area contributed by atoms with Crippen molar-refractivity contribution in [2.24, 2.45) is 5.92 Å². The number of ether oxygens (including phenoxy) is 1. The zero-order chi connectivity index (χ0) is 26.7. The largest absolute Gasteiger partial charge is 0.487 e. The lowest BCUT2D eigenvalue weighted by atomic mass is 10.0. The van der Waals surface area contributed by atoms with Crippen molar-refractivity contribution >= 4 is 10.0 Å². The van der Waals surface area contributed by atoms with Gasteiger partial charge in [-0.25, -0.2) is 12.8 Å². The van der Waals surface area contributed by atoms with Crippen LogP contribution in [0.4, 0.5) is 4.39 Å². The predicted molar refractivity (Wildman–Crippen MR) is 136 cm³/mol. The van der Waals surface area contributed by atoms with Gasteiger partial charge >= 0.3 is 0 Å². The average Bonchev–Trinajstić information content (AvgIpc) is 2.80. The molecule has 2 N–H and O–H groups in total. The molecule has 0 fully saturated rings. The van der Waals surface area contributed by atoms with E-state index in [1.165, 1.54) is 22.5 Å². The van der Waals surface area contributed by atoms with Gasteiger partial charge in [-0.05, 0) is 63.7 Å². The lowest BCUT2D eigenvalue weighted by molar-refractivity contribution is 0.0733. The number of hydrogen-bond acceptors (Lipinski definition) is 6. The summed E-state index contributed by atoms with van der Waals surface area (Å²) >= 11 is 0. The summed E-state index contributed by atoms with van der Waals surface area (Å²) < 4.78 is 48.1. The Labute approximate surface area is 213 Å². The summed E-state index contributed by atoms with van der Waals surface area (Å²) in [6.07, 6.45) is -0.379. The second-order valence-electron chi connectivity index (χ2n) is 10.0. The number of fused-ring (bicyclic) bond motifs is 1. The maximum Gasteiger partial charge on any atom is 0.247 e. The van der Waals surface area contributed by atoms with E-state index in [1.54, 1.807) is 45.0 Å². The van der Waals surface area contributed by atoms with Crippen molar-refractivity contribution in [1.82, 2.24) is 9.21 Å². The van der Waals surface area contributed by atoms with Gasteiger partial charge in [0.2, 0.25) is 10.0 Å². The van der Waals surface area contributed by atoms with Gasteiger partial charge in [0.1, 0.15) is 28.2 Å². The molecule has 3 rings (SSSR count). The van der Waals surface area contributed by atoms with E-state index >= 15 is 0 Å². The molecule has 2 aromatic carbocycles. The summed E-state index contributed by atoms with van der Waals surface area (Å²) in [4.78, 5) is 2.05. The first-order valence-corrected chi connectivity index (χ1v) is 13.4. The number of rotatable bonds is 6. The van der Waals surface area contributed by atoms with Crippen LogP contribution >= 0.6 is 0 Å². The third-order valence-corrected chi connectivity index (χ3v) is 8.06. The van der Waals surface area contributed by atoms with E-state index in [-0.39, 0.29) is 41.6 Å². The molecule has 1 aliphatic heterocycles. The van der Waals surface area contributed by atoms with Crippen LogP contribution in [0.1, 0.15) is 38.8 Å². The lowest BCUT2D eigenvalue weighted by Gasteiger charge is -2.37. The zero-order valence-electron chi connectivity index (χ0n) is 21.4. The maximum atomic E-state index is 13.6. The van der Waals surface area contributed by atoms with Gasteiger partial charge in [0.25, 0.3) is 0 Å². The molecule has 3 atom stereocenters. The van der Waals surface area contributed by atoms with Crippen molar-refractivity contribution in [1.29, 1.82) is 0 Å². The van der Waals surface area contributed by atoms with E-state index in [1.807, 2.05) is 18.9 Å². The molecule has 2 aromatic rings. The fourth-order valence-electron chi connectivity index (χ4n) is 4.02. The topological polar surface area (TPSA) is 90.3 Å². The average molecular weight is 519 g/mol. The Morgan fingerprint density at radius 3 is 2.53 bits per heavy atom. The van der Waals surface area contributed by atoms with Gasteiger partial charge in [-0.1, -0.05) is 30.9 Å². The molecule has 0 unspecified atom stereocenters. The van der Waals surface area contributed by atoms with E-state index in [4.69, 9.17) is 4.74 Å². The Balaban J connectivity index is 1.99. The number of hydrogen-bond donors (Lipinski definition) is 2. The van der Waals surface area contributed by atoms with Crippen LogP contribution < -0.4 is 4.74 Å². The molecule has 0 amide bonds. The number of nitrogens with zero attached hydrogens (tertiary/aromatic N) is 2. The second-order valence-corrected chi connectivity index (χ2v) is 11.9. The summed E-state index contributed by atoms with van der Waals surface area (Å²) in [6.45, 7) is 7.64. The van der Waals surface area contributed by atoms with Crippen molar-refractivity contribution in [2.45, 2.75) is 56.9 Å². The van der Waals surface area contributed by atoms with E-state index in [2.05, 4.69) is 11.8 Å². The zero-order valence-corrected chi connectivity index (χ0v) is 22.2. The molecule has 7 nitrogen and oxygen atoms in total. The Bertz CT molecular complexity index is 1220. The number of likely N-dealkylation sites (N-methyl/N-ethyl adjacent to an activating group) is 1. The van der Waals surface area contributed by atoms with Crippen LogP contribution in [0.2, 0.25) is 0 Å². The van der Waals surface area contributed by atoms with Crippen molar-refractivity contribution in [3.8, 4) is 17.6 Å². The number of benzene rings is 2. The Morgan fingerprint density at radius 1 is 1.25 bits per heavy atom. The minimum absolute atomic E-state index is 0.00898. The van der Waals surface area contributed by atoms with Crippen molar-refractivity contribution < 1.29 is 27.8 Å². The first-order chi connectivity index (χ1) is 16.8. The molecule has 0 saturated heterocycles. The molecular weight excluding hydrogens is 483 g/mol. The molecule has 0 aliphatic carbocycles. The second kappa shape index (κ2) is 11.3. The molecular formula is C27H35FN2O5S. The number of aliphatic hydroxyl groups is 2. The fourth-order valence-corrected chi connectivity index (χ4v) is 5.85. The van der Waals surface area contributed by atoms with Crippen LogP contribution in [0.25, 0.3) is 0 Å². The Kier molecular flexibility index (Phi) is 8.80. The van der Waals surface area contributed by atoms with Crippen LogP contribution in [0, 0.1) is 23.6 Å². The van der Waals surface area contributed by atoms with Crippen LogP contribution in [-0.4, -0.2) is 72.3 Å². The van der Waals surface area contributed by atoms with Gasteiger partial charge in [-0.15, -0.1) is 0 Å². The van der Waals surface area contributed by atoms with Gasteiger partial charge in [0, 0.05) is 37.2 Å². The summed E-state index contributed by atoms with van der Waals surface area (Å²) in [6, 6.07) is 10.3. The summed E-state index contributed by atoms with van der Waals surface area (Å²) in [5, 5.41) is 19.7. The molecule has 0 bridgehead atoms. The van der Waals surface area contributed by atoms with E-state index in [0.717, 1.165) is 5.56 Å². The molecule has 1 heterocycles. The fraction of sp³-hybridized carbons (Fsp3) is 0.481. The number of aliphatic hydroxyl groups excluding tert-OH is 1. The third-order valence-electron chi connectivity index (χ3n) is 6.04. The van der Waals surface area contributed by atoms with E-state index in [9.17, 15) is 23.0 Å². The summed E-state index contributed by atoms with van der Waals surface area (Å²) in [7, 11) is -2.02. The monoisotopic (exact) mass is 518 g/mol. The van der Waals surface area contributed by atoms with Crippen LogP contribution in [-0.2, 0) is 16.6 Å². The highest BCUT2D eigenvalue weighted by Gasteiger charge is 2.38. The van der Waals surface area contributed by atoms with Crippen molar-refractivity contribution in [3.05, 3.63) is 59.4 Å². The minimum Gasteiger partial charge on any atom is -0.487 e. The third kappa shape index (κ3) is 7.05. The molecule has 196 valence electrons. The van der Waals surface area contributed by atoms with Crippen molar-refractivity contribution in [2.75, 3.05) is 26.7 Å². The first kappa shape index (κ1) is 28.1.